The summed E-state index contributed by atoms with van der Waals surface area (Å²) in [5.74, 6) is -0.124. The number of halogens is 2. The molecular formula is C10H10BrFO2. The average Bonchev–Trinajstić information content (AvgIpc) is 2.11. The molecule has 0 heterocycles. The van der Waals surface area contributed by atoms with E-state index in [1.54, 1.807) is 6.07 Å². The lowest BCUT2D eigenvalue weighted by atomic mass is 10.1. The summed E-state index contributed by atoms with van der Waals surface area (Å²) in [5, 5.41) is 0. The normalized spacial score (nSPS) is 10.0. The van der Waals surface area contributed by atoms with Gasteiger partial charge in [0.25, 0.3) is 0 Å². The zero-order valence-corrected chi connectivity index (χ0v) is 9.52. The van der Waals surface area contributed by atoms with Gasteiger partial charge in [-0.25, -0.2) is 4.39 Å². The van der Waals surface area contributed by atoms with E-state index < -0.39 is 5.82 Å². The zero-order valence-electron chi connectivity index (χ0n) is 7.93. The van der Waals surface area contributed by atoms with E-state index in [4.69, 9.17) is 4.74 Å². The molecule has 0 amide bonds. The summed E-state index contributed by atoms with van der Waals surface area (Å²) in [6.45, 7) is 1.42. The zero-order chi connectivity index (χ0) is 10.7. The summed E-state index contributed by atoms with van der Waals surface area (Å²) in [4.78, 5) is 10.9. The van der Waals surface area contributed by atoms with Crippen molar-refractivity contribution in [2.24, 2.45) is 0 Å². The monoisotopic (exact) mass is 260 g/mol. The first-order chi connectivity index (χ1) is 6.56. The van der Waals surface area contributed by atoms with Crippen LogP contribution in [-0.2, 0) is 11.2 Å². The number of carbonyl (C=O) groups excluding carboxylic acids is 1. The number of ketones is 1. The van der Waals surface area contributed by atoms with Gasteiger partial charge in [0.1, 0.15) is 17.3 Å². The summed E-state index contributed by atoms with van der Waals surface area (Å²) in [7, 11) is 1.45. The average molecular weight is 261 g/mol. The van der Waals surface area contributed by atoms with E-state index in [1.807, 2.05) is 0 Å². The van der Waals surface area contributed by atoms with Crippen molar-refractivity contribution in [1.29, 1.82) is 0 Å². The number of Topliss-reactive ketones (excluding diaryl/α,β-unsaturated/α-hetero) is 1. The molecule has 0 aromatic heterocycles. The first kappa shape index (κ1) is 11.2. The molecule has 0 saturated heterocycles. The Labute approximate surface area is 90.2 Å². The van der Waals surface area contributed by atoms with Gasteiger partial charge in [0.2, 0.25) is 0 Å². The minimum absolute atomic E-state index is 0.0500. The van der Waals surface area contributed by atoms with Gasteiger partial charge in [-0.3, -0.25) is 4.79 Å². The van der Waals surface area contributed by atoms with Crippen molar-refractivity contribution in [2.75, 3.05) is 7.11 Å². The van der Waals surface area contributed by atoms with Gasteiger partial charge in [-0.2, -0.15) is 0 Å². The second-order valence-corrected chi connectivity index (χ2v) is 3.77. The maximum Gasteiger partial charge on any atom is 0.139 e. The third-order valence-electron chi connectivity index (χ3n) is 1.79. The van der Waals surface area contributed by atoms with Crippen molar-refractivity contribution in [3.05, 3.63) is 28.0 Å². The molecule has 0 aliphatic carbocycles. The van der Waals surface area contributed by atoms with E-state index in [2.05, 4.69) is 15.9 Å². The van der Waals surface area contributed by atoms with Crippen LogP contribution < -0.4 is 4.74 Å². The fourth-order valence-corrected chi connectivity index (χ4v) is 1.74. The fourth-order valence-electron chi connectivity index (χ4n) is 1.21. The van der Waals surface area contributed by atoms with E-state index in [0.29, 0.717) is 15.8 Å². The Morgan fingerprint density at radius 1 is 1.57 bits per heavy atom. The Morgan fingerprint density at radius 3 is 2.71 bits per heavy atom. The molecule has 0 spiro atoms. The summed E-state index contributed by atoms with van der Waals surface area (Å²) >= 11 is 3.23. The van der Waals surface area contributed by atoms with Crippen LogP contribution in [0.3, 0.4) is 0 Å². The van der Waals surface area contributed by atoms with Crippen molar-refractivity contribution >= 4 is 21.7 Å². The lowest BCUT2D eigenvalue weighted by molar-refractivity contribution is -0.116. The molecule has 0 aliphatic rings. The predicted octanol–water partition coefficient (Wildman–Crippen LogP) is 2.73. The predicted molar refractivity (Wildman–Crippen MR) is 55.0 cm³/mol. The first-order valence-corrected chi connectivity index (χ1v) is 4.86. The highest BCUT2D eigenvalue weighted by molar-refractivity contribution is 9.10. The van der Waals surface area contributed by atoms with E-state index in [-0.39, 0.29) is 12.2 Å². The minimum Gasteiger partial charge on any atom is -0.495 e. The highest BCUT2D eigenvalue weighted by atomic mass is 79.9. The molecule has 0 atom stereocenters. The highest BCUT2D eigenvalue weighted by Gasteiger charge is 2.14. The van der Waals surface area contributed by atoms with E-state index in [0.717, 1.165) is 0 Å². The van der Waals surface area contributed by atoms with E-state index >= 15 is 0 Å². The Hall–Kier alpha value is -0.900. The van der Waals surface area contributed by atoms with Crippen LogP contribution in [-0.4, -0.2) is 12.9 Å². The number of rotatable bonds is 3. The van der Waals surface area contributed by atoms with Gasteiger partial charge in [0.05, 0.1) is 11.6 Å². The maximum atomic E-state index is 13.3. The second-order valence-electron chi connectivity index (χ2n) is 2.92. The van der Waals surface area contributed by atoms with E-state index in [1.165, 1.54) is 20.1 Å². The van der Waals surface area contributed by atoms with Gasteiger partial charge in [-0.1, -0.05) is 0 Å². The van der Waals surface area contributed by atoms with Gasteiger partial charge >= 0.3 is 0 Å². The molecule has 76 valence electrons. The molecule has 1 aromatic carbocycles. The second kappa shape index (κ2) is 4.55. The number of hydrogen-bond donors (Lipinski definition) is 0. The van der Waals surface area contributed by atoms with Gasteiger partial charge < -0.3 is 4.74 Å². The highest BCUT2D eigenvalue weighted by Crippen LogP contribution is 2.31. The van der Waals surface area contributed by atoms with Crippen LogP contribution in [0.1, 0.15) is 12.5 Å². The van der Waals surface area contributed by atoms with Crippen LogP contribution >= 0.6 is 15.9 Å². The molecule has 0 fully saturated rings. The minimum atomic E-state index is -0.416. The SMILES string of the molecule is COc1c(Br)ccc(F)c1CC(C)=O. The molecule has 0 radical (unpaired) electrons. The molecule has 0 aliphatic heterocycles. The lowest BCUT2D eigenvalue weighted by Gasteiger charge is -2.09. The number of hydrogen-bond acceptors (Lipinski definition) is 2. The van der Waals surface area contributed by atoms with Gasteiger partial charge in [-0.05, 0) is 35.0 Å². The Balaban J connectivity index is 3.22. The summed E-state index contributed by atoms with van der Waals surface area (Å²) in [6, 6.07) is 2.86. The summed E-state index contributed by atoms with van der Waals surface area (Å²) in [5.41, 5.74) is 0.300. The van der Waals surface area contributed by atoms with Crippen LogP contribution in [0.2, 0.25) is 0 Å². The molecular weight excluding hydrogens is 251 g/mol. The topological polar surface area (TPSA) is 26.3 Å². The fraction of sp³-hybridized carbons (Fsp3) is 0.300. The Kier molecular flexibility index (Phi) is 3.63. The van der Waals surface area contributed by atoms with Crippen LogP contribution in [0.5, 0.6) is 5.75 Å². The quantitative estimate of drug-likeness (QED) is 0.836. The molecule has 0 N–H and O–H groups in total. The molecule has 0 bridgehead atoms. The molecule has 0 saturated carbocycles. The number of ether oxygens (including phenoxy) is 1. The van der Waals surface area contributed by atoms with Crippen LogP contribution in [0.15, 0.2) is 16.6 Å². The Bertz CT molecular complexity index is 363. The van der Waals surface area contributed by atoms with E-state index in [9.17, 15) is 9.18 Å². The third-order valence-corrected chi connectivity index (χ3v) is 2.41. The smallest absolute Gasteiger partial charge is 0.139 e. The summed E-state index contributed by atoms with van der Waals surface area (Å²) in [6.07, 6.45) is 0.0500. The standard InChI is InChI=1S/C10H10BrFO2/c1-6(13)5-7-9(12)4-3-8(11)10(7)14-2/h3-4H,5H2,1-2H3. The molecule has 1 aromatic rings. The van der Waals surface area contributed by atoms with Crippen LogP contribution in [0.25, 0.3) is 0 Å². The van der Waals surface area contributed by atoms with Gasteiger partial charge in [-0.15, -0.1) is 0 Å². The van der Waals surface area contributed by atoms with Crippen molar-refractivity contribution in [3.8, 4) is 5.75 Å². The Morgan fingerprint density at radius 2 is 2.21 bits per heavy atom. The largest absolute Gasteiger partial charge is 0.495 e. The maximum absolute atomic E-state index is 13.3. The summed E-state index contributed by atoms with van der Waals surface area (Å²) < 4.78 is 19.0. The van der Waals surface area contributed by atoms with Crippen molar-refractivity contribution < 1.29 is 13.9 Å². The van der Waals surface area contributed by atoms with Crippen molar-refractivity contribution in [2.45, 2.75) is 13.3 Å². The lowest BCUT2D eigenvalue weighted by Crippen LogP contribution is -2.03. The van der Waals surface area contributed by atoms with Crippen molar-refractivity contribution in [1.82, 2.24) is 0 Å². The molecule has 1 rings (SSSR count). The molecule has 14 heavy (non-hydrogen) atoms. The molecule has 2 nitrogen and oxygen atoms in total. The third kappa shape index (κ3) is 2.32. The number of carbonyl (C=O) groups is 1. The number of benzene rings is 1. The van der Waals surface area contributed by atoms with Gasteiger partial charge in [0, 0.05) is 12.0 Å². The van der Waals surface area contributed by atoms with Gasteiger partial charge in [0.15, 0.2) is 0 Å². The molecule has 0 unspecified atom stereocenters. The first-order valence-electron chi connectivity index (χ1n) is 4.06. The van der Waals surface area contributed by atoms with Crippen LogP contribution in [0, 0.1) is 5.82 Å². The molecule has 4 heteroatoms. The van der Waals surface area contributed by atoms with Crippen molar-refractivity contribution in [3.63, 3.8) is 0 Å². The number of methoxy groups -OCH3 is 1. The van der Waals surface area contributed by atoms with Crippen LogP contribution in [0.4, 0.5) is 4.39 Å².